The van der Waals surface area contributed by atoms with Gasteiger partial charge in [-0.2, -0.15) is 0 Å². The van der Waals surface area contributed by atoms with Gasteiger partial charge >= 0.3 is 0 Å². The van der Waals surface area contributed by atoms with Gasteiger partial charge in [-0.1, -0.05) is 6.07 Å². The molecule has 2 rings (SSSR count). The summed E-state index contributed by atoms with van der Waals surface area (Å²) in [4.78, 5) is 26.4. The first-order valence-corrected chi connectivity index (χ1v) is 8.61. The minimum atomic E-state index is -0.589. The number of halogens is 1. The van der Waals surface area contributed by atoms with Crippen LogP contribution in [0.2, 0.25) is 0 Å². The van der Waals surface area contributed by atoms with Crippen LogP contribution in [0.4, 0.5) is 5.69 Å². The zero-order valence-electron chi connectivity index (χ0n) is 15.3. The van der Waals surface area contributed by atoms with E-state index in [0.29, 0.717) is 31.2 Å². The quantitative estimate of drug-likeness (QED) is 0.744. The monoisotopic (exact) mass is 385 g/mol. The first-order valence-electron chi connectivity index (χ1n) is 8.61. The lowest BCUT2D eigenvalue weighted by atomic mass is 9.91. The molecule has 1 aromatic rings. The van der Waals surface area contributed by atoms with Gasteiger partial charge in [0.2, 0.25) is 11.8 Å². The van der Waals surface area contributed by atoms with Crippen molar-refractivity contribution in [2.75, 3.05) is 38.7 Å². The summed E-state index contributed by atoms with van der Waals surface area (Å²) in [5.74, 6) is 0.317. The van der Waals surface area contributed by atoms with E-state index in [2.05, 4.69) is 5.32 Å². The molecule has 146 valence electrons. The van der Waals surface area contributed by atoms with Crippen molar-refractivity contribution in [3.05, 3.63) is 24.3 Å². The Kier molecular flexibility index (Phi) is 9.40. The maximum absolute atomic E-state index is 12.6. The lowest BCUT2D eigenvalue weighted by Crippen LogP contribution is -2.50. The minimum absolute atomic E-state index is 0. The average Bonchev–Trinajstić information content (AvgIpc) is 2.65. The lowest BCUT2D eigenvalue weighted by molar-refractivity contribution is -0.137. The number of methoxy groups -OCH3 is 1. The second kappa shape index (κ2) is 11.0. The third kappa shape index (κ3) is 6.16. The van der Waals surface area contributed by atoms with Crippen molar-refractivity contribution in [2.24, 2.45) is 11.7 Å². The Labute approximate surface area is 160 Å². The van der Waals surface area contributed by atoms with E-state index >= 15 is 0 Å². The highest BCUT2D eigenvalue weighted by Crippen LogP contribution is 2.19. The Morgan fingerprint density at radius 2 is 2.08 bits per heavy atom. The smallest absolute Gasteiger partial charge is 0.243 e. The SMILES string of the molecule is CCN(CC(=O)Nc1cccc(OC)c1)C(=O)C(N)C1CCOCC1.Cl. The number of likely N-dealkylation sites (N-methyl/N-ethyl adjacent to an activating group) is 1. The fraction of sp³-hybridized carbons (Fsp3) is 0.556. The molecule has 1 aliphatic heterocycles. The molecule has 1 aliphatic rings. The third-order valence-corrected chi connectivity index (χ3v) is 4.44. The van der Waals surface area contributed by atoms with Crippen LogP contribution in [0.5, 0.6) is 5.75 Å². The van der Waals surface area contributed by atoms with Crippen LogP contribution in [0.1, 0.15) is 19.8 Å². The predicted octanol–water partition coefficient (Wildman–Crippen LogP) is 1.66. The molecule has 1 unspecified atom stereocenters. The summed E-state index contributed by atoms with van der Waals surface area (Å²) in [5, 5.41) is 2.78. The van der Waals surface area contributed by atoms with E-state index in [0.717, 1.165) is 12.8 Å². The molecular formula is C18H28ClN3O4. The fourth-order valence-corrected chi connectivity index (χ4v) is 2.91. The van der Waals surface area contributed by atoms with Gasteiger partial charge in [0, 0.05) is 31.5 Å². The Hall–Kier alpha value is -1.83. The van der Waals surface area contributed by atoms with Crippen molar-refractivity contribution in [2.45, 2.75) is 25.8 Å². The first kappa shape index (κ1) is 22.2. The van der Waals surface area contributed by atoms with E-state index in [1.54, 1.807) is 31.4 Å². The Morgan fingerprint density at radius 1 is 1.38 bits per heavy atom. The number of anilines is 1. The third-order valence-electron chi connectivity index (χ3n) is 4.44. The summed E-state index contributed by atoms with van der Waals surface area (Å²) in [6, 6.07) is 6.49. The van der Waals surface area contributed by atoms with Crippen molar-refractivity contribution < 1.29 is 19.1 Å². The average molecular weight is 386 g/mol. The highest BCUT2D eigenvalue weighted by molar-refractivity contribution is 5.95. The number of amides is 2. The van der Waals surface area contributed by atoms with E-state index in [-0.39, 0.29) is 36.7 Å². The molecule has 1 saturated heterocycles. The van der Waals surface area contributed by atoms with Crippen molar-refractivity contribution in [3.8, 4) is 5.75 Å². The molecule has 8 heteroatoms. The molecule has 0 bridgehead atoms. The van der Waals surface area contributed by atoms with Gasteiger partial charge in [-0.05, 0) is 37.8 Å². The molecule has 0 aliphatic carbocycles. The summed E-state index contributed by atoms with van der Waals surface area (Å²) in [7, 11) is 1.57. The van der Waals surface area contributed by atoms with Crippen molar-refractivity contribution in [1.82, 2.24) is 4.90 Å². The number of carbonyl (C=O) groups is 2. The molecule has 0 radical (unpaired) electrons. The summed E-state index contributed by atoms with van der Waals surface area (Å²) in [6.07, 6.45) is 1.56. The number of ether oxygens (including phenoxy) is 2. The molecule has 7 nitrogen and oxygen atoms in total. The van der Waals surface area contributed by atoms with Gasteiger partial charge in [0.05, 0.1) is 19.7 Å². The number of rotatable bonds is 7. The number of hydrogen-bond donors (Lipinski definition) is 2. The molecule has 1 heterocycles. The molecule has 1 atom stereocenters. The van der Waals surface area contributed by atoms with Crippen molar-refractivity contribution in [1.29, 1.82) is 0 Å². The summed E-state index contributed by atoms with van der Waals surface area (Å²) >= 11 is 0. The second-order valence-electron chi connectivity index (χ2n) is 6.11. The predicted molar refractivity (Wildman–Crippen MR) is 103 cm³/mol. The van der Waals surface area contributed by atoms with Crippen LogP contribution in [0, 0.1) is 5.92 Å². The van der Waals surface area contributed by atoms with Crippen molar-refractivity contribution >= 4 is 29.9 Å². The van der Waals surface area contributed by atoms with E-state index in [9.17, 15) is 9.59 Å². The van der Waals surface area contributed by atoms with Gasteiger partial charge in [0.1, 0.15) is 5.75 Å². The Balaban J connectivity index is 0.00000338. The minimum Gasteiger partial charge on any atom is -0.497 e. The molecule has 0 saturated carbocycles. The summed E-state index contributed by atoms with van der Waals surface area (Å²) in [6.45, 7) is 3.51. The fourth-order valence-electron chi connectivity index (χ4n) is 2.91. The summed E-state index contributed by atoms with van der Waals surface area (Å²) < 4.78 is 10.4. The number of benzene rings is 1. The van der Waals surface area contributed by atoms with E-state index in [1.807, 2.05) is 6.92 Å². The Morgan fingerprint density at radius 3 is 2.69 bits per heavy atom. The lowest BCUT2D eigenvalue weighted by Gasteiger charge is -2.30. The Bertz CT molecular complexity index is 594. The topological polar surface area (TPSA) is 93.9 Å². The van der Waals surface area contributed by atoms with Gasteiger partial charge in [0.15, 0.2) is 0 Å². The standard InChI is InChI=1S/C18H27N3O4.ClH/c1-3-21(18(23)17(19)13-7-9-25-10-8-13)12-16(22)20-14-5-4-6-15(11-14)24-2;/h4-6,11,13,17H,3,7-10,12,19H2,1-2H3,(H,20,22);1H. The molecule has 3 N–H and O–H groups in total. The van der Waals surface area contributed by atoms with Crippen LogP contribution in [0.15, 0.2) is 24.3 Å². The zero-order chi connectivity index (χ0) is 18.2. The molecule has 1 aromatic carbocycles. The first-order chi connectivity index (χ1) is 12.0. The number of nitrogens with two attached hydrogens (primary N) is 1. The molecule has 1 fully saturated rings. The molecule has 26 heavy (non-hydrogen) atoms. The van der Waals surface area contributed by atoms with Crippen LogP contribution in [-0.2, 0) is 14.3 Å². The normalized spacial score (nSPS) is 15.5. The van der Waals surface area contributed by atoms with Crippen LogP contribution in [-0.4, -0.2) is 56.2 Å². The second-order valence-corrected chi connectivity index (χ2v) is 6.11. The number of nitrogens with one attached hydrogen (secondary N) is 1. The van der Waals surface area contributed by atoms with Gasteiger partial charge in [-0.15, -0.1) is 12.4 Å². The zero-order valence-corrected chi connectivity index (χ0v) is 16.1. The summed E-state index contributed by atoms with van der Waals surface area (Å²) in [5.41, 5.74) is 6.77. The van der Waals surface area contributed by atoms with Crippen LogP contribution >= 0.6 is 12.4 Å². The van der Waals surface area contributed by atoms with Gasteiger partial charge in [0.25, 0.3) is 0 Å². The number of nitrogens with zero attached hydrogens (tertiary/aromatic N) is 1. The molecular weight excluding hydrogens is 358 g/mol. The van der Waals surface area contributed by atoms with Crippen LogP contribution in [0.25, 0.3) is 0 Å². The maximum Gasteiger partial charge on any atom is 0.243 e. The van der Waals surface area contributed by atoms with Crippen LogP contribution in [0.3, 0.4) is 0 Å². The highest BCUT2D eigenvalue weighted by atomic mass is 35.5. The van der Waals surface area contributed by atoms with Gasteiger partial charge in [-0.25, -0.2) is 0 Å². The van der Waals surface area contributed by atoms with E-state index in [1.165, 1.54) is 4.90 Å². The highest BCUT2D eigenvalue weighted by Gasteiger charge is 2.30. The largest absolute Gasteiger partial charge is 0.497 e. The van der Waals surface area contributed by atoms with Gasteiger partial charge < -0.3 is 25.4 Å². The number of carbonyl (C=O) groups excluding carboxylic acids is 2. The van der Waals surface area contributed by atoms with E-state index < -0.39 is 6.04 Å². The van der Waals surface area contributed by atoms with E-state index in [4.69, 9.17) is 15.2 Å². The molecule has 0 spiro atoms. The number of hydrogen-bond acceptors (Lipinski definition) is 5. The van der Waals surface area contributed by atoms with Gasteiger partial charge in [-0.3, -0.25) is 9.59 Å². The maximum atomic E-state index is 12.6. The van der Waals surface area contributed by atoms with Crippen molar-refractivity contribution in [3.63, 3.8) is 0 Å². The van der Waals surface area contributed by atoms with Crippen LogP contribution < -0.4 is 15.8 Å². The molecule has 2 amide bonds. The molecule has 0 aromatic heterocycles.